The largest absolute Gasteiger partial charge is 0.384 e. The highest BCUT2D eigenvalue weighted by molar-refractivity contribution is 5.92. The summed E-state index contributed by atoms with van der Waals surface area (Å²) in [5.41, 5.74) is 7.20. The van der Waals surface area contributed by atoms with Crippen LogP contribution in [0.4, 0.5) is 5.82 Å². The molecule has 1 aromatic carbocycles. The lowest BCUT2D eigenvalue weighted by Crippen LogP contribution is -2.26. The Hall–Kier alpha value is -2.36. The van der Waals surface area contributed by atoms with Crippen molar-refractivity contribution in [3.05, 3.63) is 59.8 Å². The standard InChI is InChI=1S/C16H19N3O/c1-12(13-6-3-2-4-7-13)10-11-18-16(20)14-8-5-9-15(17)19-14/h2-9,12H,10-11H2,1H3,(H2,17,19)(H,18,20). The minimum atomic E-state index is -0.183. The van der Waals surface area contributed by atoms with Crippen LogP contribution in [0.15, 0.2) is 48.5 Å². The Bertz CT molecular complexity index is 569. The lowest BCUT2D eigenvalue weighted by molar-refractivity contribution is 0.0948. The van der Waals surface area contributed by atoms with Crippen molar-refractivity contribution in [2.75, 3.05) is 12.3 Å². The number of pyridine rings is 1. The number of nitrogen functional groups attached to an aromatic ring is 1. The summed E-state index contributed by atoms with van der Waals surface area (Å²) in [6.45, 7) is 2.77. The molecule has 1 heterocycles. The number of hydrogen-bond acceptors (Lipinski definition) is 3. The van der Waals surface area contributed by atoms with E-state index in [0.29, 0.717) is 24.0 Å². The van der Waals surface area contributed by atoms with Crippen LogP contribution in [0.1, 0.15) is 35.3 Å². The van der Waals surface area contributed by atoms with Gasteiger partial charge in [-0.1, -0.05) is 43.3 Å². The Morgan fingerprint density at radius 1 is 1.20 bits per heavy atom. The minimum absolute atomic E-state index is 0.183. The Kier molecular flexibility index (Phi) is 4.71. The van der Waals surface area contributed by atoms with Crippen molar-refractivity contribution in [3.8, 4) is 0 Å². The molecular weight excluding hydrogens is 250 g/mol. The van der Waals surface area contributed by atoms with E-state index in [1.54, 1.807) is 18.2 Å². The first-order chi connectivity index (χ1) is 9.66. The number of anilines is 1. The van der Waals surface area contributed by atoms with Crippen molar-refractivity contribution in [2.45, 2.75) is 19.3 Å². The van der Waals surface area contributed by atoms with E-state index < -0.39 is 0 Å². The molecule has 0 aliphatic heterocycles. The highest BCUT2D eigenvalue weighted by Crippen LogP contribution is 2.17. The summed E-state index contributed by atoms with van der Waals surface area (Å²) < 4.78 is 0. The number of nitrogens with one attached hydrogen (secondary N) is 1. The molecule has 0 spiro atoms. The molecule has 0 aliphatic carbocycles. The van der Waals surface area contributed by atoms with Crippen LogP contribution in [0.5, 0.6) is 0 Å². The zero-order valence-electron chi connectivity index (χ0n) is 11.5. The molecule has 4 heteroatoms. The third kappa shape index (κ3) is 3.82. The summed E-state index contributed by atoms with van der Waals surface area (Å²) in [7, 11) is 0. The van der Waals surface area contributed by atoms with Gasteiger partial charge in [0.1, 0.15) is 11.5 Å². The third-order valence-electron chi connectivity index (χ3n) is 3.23. The predicted octanol–water partition coefficient (Wildman–Crippen LogP) is 2.59. The van der Waals surface area contributed by atoms with Crippen LogP contribution >= 0.6 is 0 Å². The number of carbonyl (C=O) groups excluding carboxylic acids is 1. The molecule has 104 valence electrons. The lowest BCUT2D eigenvalue weighted by atomic mass is 9.98. The second-order valence-corrected chi connectivity index (χ2v) is 4.80. The maximum absolute atomic E-state index is 11.9. The van der Waals surface area contributed by atoms with Gasteiger partial charge >= 0.3 is 0 Å². The van der Waals surface area contributed by atoms with Gasteiger partial charge in [0.15, 0.2) is 0 Å². The maximum Gasteiger partial charge on any atom is 0.269 e. The second-order valence-electron chi connectivity index (χ2n) is 4.80. The van der Waals surface area contributed by atoms with Crippen molar-refractivity contribution in [1.82, 2.24) is 10.3 Å². The molecule has 4 nitrogen and oxygen atoms in total. The van der Waals surface area contributed by atoms with Crippen molar-refractivity contribution in [2.24, 2.45) is 0 Å². The Morgan fingerprint density at radius 2 is 1.95 bits per heavy atom. The molecule has 2 rings (SSSR count). The number of aromatic nitrogens is 1. The zero-order valence-corrected chi connectivity index (χ0v) is 11.5. The summed E-state index contributed by atoms with van der Waals surface area (Å²) in [6.07, 6.45) is 0.887. The van der Waals surface area contributed by atoms with Gasteiger partial charge in [0, 0.05) is 6.54 Å². The SMILES string of the molecule is CC(CCNC(=O)c1cccc(N)n1)c1ccccc1. The molecule has 1 amide bonds. The smallest absolute Gasteiger partial charge is 0.269 e. The summed E-state index contributed by atoms with van der Waals surface area (Å²) in [5.74, 6) is 0.582. The first-order valence-electron chi connectivity index (χ1n) is 6.72. The molecule has 0 bridgehead atoms. The van der Waals surface area contributed by atoms with Gasteiger partial charge in [-0.2, -0.15) is 0 Å². The summed E-state index contributed by atoms with van der Waals surface area (Å²) in [4.78, 5) is 15.9. The Morgan fingerprint density at radius 3 is 2.65 bits per heavy atom. The molecule has 1 unspecified atom stereocenters. The fourth-order valence-electron chi connectivity index (χ4n) is 2.02. The van der Waals surface area contributed by atoms with Gasteiger partial charge < -0.3 is 11.1 Å². The summed E-state index contributed by atoms with van der Waals surface area (Å²) in [5, 5.41) is 2.87. The maximum atomic E-state index is 11.9. The quantitative estimate of drug-likeness (QED) is 0.876. The molecule has 3 N–H and O–H groups in total. The molecule has 2 aromatic rings. The molecule has 1 atom stereocenters. The molecule has 0 radical (unpaired) electrons. The minimum Gasteiger partial charge on any atom is -0.384 e. The van der Waals surface area contributed by atoms with Crippen LogP contribution in [0, 0.1) is 0 Å². The van der Waals surface area contributed by atoms with E-state index >= 15 is 0 Å². The van der Waals surface area contributed by atoms with E-state index in [0.717, 1.165) is 6.42 Å². The first-order valence-corrected chi connectivity index (χ1v) is 6.72. The van der Waals surface area contributed by atoms with E-state index in [1.165, 1.54) is 5.56 Å². The van der Waals surface area contributed by atoms with Gasteiger partial charge in [-0.05, 0) is 30.0 Å². The second kappa shape index (κ2) is 6.70. The summed E-state index contributed by atoms with van der Waals surface area (Å²) in [6, 6.07) is 15.3. The normalized spacial score (nSPS) is 11.8. The fourth-order valence-corrected chi connectivity index (χ4v) is 2.02. The average Bonchev–Trinajstić information content (AvgIpc) is 2.48. The molecule has 0 saturated heterocycles. The van der Waals surface area contributed by atoms with Gasteiger partial charge in [0.2, 0.25) is 0 Å². The van der Waals surface area contributed by atoms with Gasteiger partial charge in [0.05, 0.1) is 0 Å². The number of carbonyl (C=O) groups is 1. The van der Waals surface area contributed by atoms with E-state index in [-0.39, 0.29) is 5.91 Å². The van der Waals surface area contributed by atoms with Crippen LogP contribution in [-0.2, 0) is 0 Å². The van der Waals surface area contributed by atoms with Gasteiger partial charge in [-0.15, -0.1) is 0 Å². The highest BCUT2D eigenvalue weighted by Gasteiger charge is 2.09. The van der Waals surface area contributed by atoms with E-state index in [2.05, 4.69) is 29.4 Å². The van der Waals surface area contributed by atoms with Gasteiger partial charge in [-0.3, -0.25) is 4.79 Å². The van der Waals surface area contributed by atoms with E-state index in [9.17, 15) is 4.79 Å². The van der Waals surface area contributed by atoms with Crippen LogP contribution < -0.4 is 11.1 Å². The number of amides is 1. The molecule has 0 aliphatic rings. The highest BCUT2D eigenvalue weighted by atomic mass is 16.1. The van der Waals surface area contributed by atoms with Gasteiger partial charge in [-0.25, -0.2) is 4.98 Å². The zero-order chi connectivity index (χ0) is 14.4. The molecule has 20 heavy (non-hydrogen) atoms. The van der Waals surface area contributed by atoms with Crippen LogP contribution in [0.3, 0.4) is 0 Å². The van der Waals surface area contributed by atoms with Crippen molar-refractivity contribution < 1.29 is 4.79 Å². The molecule has 0 fully saturated rings. The van der Waals surface area contributed by atoms with Crippen molar-refractivity contribution >= 4 is 11.7 Å². The van der Waals surface area contributed by atoms with Crippen molar-refractivity contribution in [1.29, 1.82) is 0 Å². The third-order valence-corrected chi connectivity index (χ3v) is 3.23. The van der Waals surface area contributed by atoms with Crippen LogP contribution in [-0.4, -0.2) is 17.4 Å². The number of nitrogens with zero attached hydrogens (tertiary/aromatic N) is 1. The number of rotatable bonds is 5. The van der Waals surface area contributed by atoms with E-state index in [1.807, 2.05) is 18.2 Å². The topological polar surface area (TPSA) is 68.0 Å². The fraction of sp³-hybridized carbons (Fsp3) is 0.250. The predicted molar refractivity (Wildman–Crippen MR) is 80.5 cm³/mol. The Labute approximate surface area is 119 Å². The number of hydrogen-bond donors (Lipinski definition) is 2. The lowest BCUT2D eigenvalue weighted by Gasteiger charge is -2.12. The molecule has 0 saturated carbocycles. The first kappa shape index (κ1) is 14.1. The van der Waals surface area contributed by atoms with Crippen LogP contribution in [0.25, 0.3) is 0 Å². The average molecular weight is 269 g/mol. The monoisotopic (exact) mass is 269 g/mol. The van der Waals surface area contributed by atoms with E-state index in [4.69, 9.17) is 5.73 Å². The Balaban J connectivity index is 1.83. The molecule has 1 aromatic heterocycles. The molecular formula is C16H19N3O. The number of nitrogens with two attached hydrogens (primary N) is 1. The van der Waals surface area contributed by atoms with Crippen molar-refractivity contribution in [3.63, 3.8) is 0 Å². The van der Waals surface area contributed by atoms with Crippen LogP contribution in [0.2, 0.25) is 0 Å². The number of benzene rings is 1. The van der Waals surface area contributed by atoms with Gasteiger partial charge in [0.25, 0.3) is 5.91 Å². The summed E-state index contributed by atoms with van der Waals surface area (Å²) >= 11 is 0.